The molecule has 0 spiro atoms. The summed E-state index contributed by atoms with van der Waals surface area (Å²) in [5.41, 5.74) is 2.73. The van der Waals surface area contributed by atoms with E-state index in [4.69, 9.17) is 0 Å². The molecule has 1 aliphatic rings. The zero-order valence-electron chi connectivity index (χ0n) is 16.5. The second kappa shape index (κ2) is 11.0. The normalized spacial score (nSPS) is 18.0. The first-order valence-corrected chi connectivity index (χ1v) is 9.16. The standard InChI is InChI=1S/C20H34N4.HI/c1-16(2)12-17-10-11-24(14-17)20(21-3)22-13-18-8-6-7-9-19(18)15-23(4)5;/h6-9,16-17H,10-15H2,1-5H3,(H,21,22);1H. The van der Waals surface area contributed by atoms with Crippen LogP contribution in [-0.2, 0) is 13.1 Å². The zero-order chi connectivity index (χ0) is 17.5. The molecule has 1 N–H and O–H groups in total. The fraction of sp³-hybridized carbons (Fsp3) is 0.650. The SMILES string of the molecule is CN=C(NCc1ccccc1CN(C)C)N1CCC(CC(C)C)C1.I. The molecule has 1 aromatic carbocycles. The van der Waals surface area contributed by atoms with Crippen LogP contribution in [0.4, 0.5) is 0 Å². The van der Waals surface area contributed by atoms with E-state index in [1.54, 1.807) is 0 Å². The molecule has 1 unspecified atom stereocenters. The van der Waals surface area contributed by atoms with E-state index in [-0.39, 0.29) is 24.0 Å². The number of halogens is 1. The lowest BCUT2D eigenvalue weighted by molar-refractivity contribution is 0.399. The number of aliphatic imine (C=N–C) groups is 1. The molecular formula is C20H35IN4. The molecule has 0 aromatic heterocycles. The summed E-state index contributed by atoms with van der Waals surface area (Å²) in [6, 6.07) is 8.67. The molecule has 25 heavy (non-hydrogen) atoms. The van der Waals surface area contributed by atoms with E-state index in [1.807, 2.05) is 7.05 Å². The van der Waals surface area contributed by atoms with Gasteiger partial charge in [0.05, 0.1) is 0 Å². The minimum absolute atomic E-state index is 0. The van der Waals surface area contributed by atoms with Gasteiger partial charge in [-0.15, -0.1) is 24.0 Å². The lowest BCUT2D eigenvalue weighted by atomic mass is 9.97. The van der Waals surface area contributed by atoms with Gasteiger partial charge in [-0.25, -0.2) is 0 Å². The molecule has 1 atom stereocenters. The summed E-state index contributed by atoms with van der Waals surface area (Å²) in [6.07, 6.45) is 2.61. The minimum atomic E-state index is 0. The molecule has 0 bridgehead atoms. The van der Waals surface area contributed by atoms with Crippen molar-refractivity contribution >= 4 is 29.9 Å². The van der Waals surface area contributed by atoms with Crippen LogP contribution in [0.1, 0.15) is 37.8 Å². The van der Waals surface area contributed by atoms with Crippen molar-refractivity contribution in [2.75, 3.05) is 34.2 Å². The summed E-state index contributed by atoms with van der Waals surface area (Å²) in [5.74, 6) is 2.63. The van der Waals surface area contributed by atoms with Crippen molar-refractivity contribution in [3.05, 3.63) is 35.4 Å². The first-order valence-electron chi connectivity index (χ1n) is 9.16. The molecule has 0 radical (unpaired) electrons. The maximum absolute atomic E-state index is 4.51. The van der Waals surface area contributed by atoms with Crippen molar-refractivity contribution in [2.24, 2.45) is 16.8 Å². The van der Waals surface area contributed by atoms with Gasteiger partial charge in [0.25, 0.3) is 0 Å². The van der Waals surface area contributed by atoms with Gasteiger partial charge in [-0.3, -0.25) is 4.99 Å². The van der Waals surface area contributed by atoms with E-state index in [0.717, 1.165) is 44.0 Å². The van der Waals surface area contributed by atoms with Crippen LogP contribution in [0.15, 0.2) is 29.3 Å². The molecule has 1 fully saturated rings. The van der Waals surface area contributed by atoms with E-state index in [0.29, 0.717) is 0 Å². The minimum Gasteiger partial charge on any atom is -0.352 e. The number of nitrogens with one attached hydrogen (secondary N) is 1. The molecule has 1 heterocycles. The highest BCUT2D eigenvalue weighted by Crippen LogP contribution is 2.23. The average Bonchev–Trinajstić information content (AvgIpc) is 2.96. The van der Waals surface area contributed by atoms with Gasteiger partial charge in [-0.1, -0.05) is 38.1 Å². The smallest absolute Gasteiger partial charge is 0.193 e. The molecule has 1 aromatic rings. The Morgan fingerprint density at radius 3 is 2.56 bits per heavy atom. The van der Waals surface area contributed by atoms with Crippen LogP contribution in [-0.4, -0.2) is 50.0 Å². The Kier molecular flexibility index (Phi) is 9.79. The fourth-order valence-electron chi connectivity index (χ4n) is 3.62. The molecule has 4 nitrogen and oxygen atoms in total. The van der Waals surface area contributed by atoms with Crippen LogP contribution in [0.5, 0.6) is 0 Å². The quantitative estimate of drug-likeness (QED) is 0.400. The zero-order valence-corrected chi connectivity index (χ0v) is 18.8. The lowest BCUT2D eigenvalue weighted by Gasteiger charge is -2.23. The van der Waals surface area contributed by atoms with Crippen molar-refractivity contribution in [3.63, 3.8) is 0 Å². The third-order valence-corrected chi connectivity index (χ3v) is 4.64. The van der Waals surface area contributed by atoms with Crippen molar-refractivity contribution in [2.45, 2.75) is 39.8 Å². The average molecular weight is 458 g/mol. The third kappa shape index (κ3) is 7.13. The Balaban J connectivity index is 0.00000312. The van der Waals surface area contributed by atoms with Crippen molar-refractivity contribution in [3.8, 4) is 0 Å². The molecule has 2 rings (SSSR count). The van der Waals surface area contributed by atoms with Gasteiger partial charge in [0.2, 0.25) is 0 Å². The Morgan fingerprint density at radius 2 is 1.96 bits per heavy atom. The van der Waals surface area contributed by atoms with E-state index < -0.39 is 0 Å². The number of benzene rings is 1. The van der Waals surface area contributed by atoms with E-state index in [9.17, 15) is 0 Å². The van der Waals surface area contributed by atoms with Gasteiger partial charge in [0.15, 0.2) is 5.96 Å². The number of nitrogens with zero attached hydrogens (tertiary/aromatic N) is 3. The van der Waals surface area contributed by atoms with Crippen molar-refractivity contribution < 1.29 is 0 Å². The highest BCUT2D eigenvalue weighted by atomic mass is 127. The molecule has 142 valence electrons. The van der Waals surface area contributed by atoms with Gasteiger partial charge in [-0.05, 0) is 49.9 Å². The van der Waals surface area contributed by atoms with Crippen LogP contribution < -0.4 is 5.32 Å². The largest absolute Gasteiger partial charge is 0.352 e. The van der Waals surface area contributed by atoms with Crippen LogP contribution >= 0.6 is 24.0 Å². The Morgan fingerprint density at radius 1 is 1.28 bits per heavy atom. The number of likely N-dealkylation sites (tertiary alicyclic amines) is 1. The summed E-state index contributed by atoms with van der Waals surface area (Å²) in [7, 11) is 6.12. The van der Waals surface area contributed by atoms with Gasteiger partial charge in [-0.2, -0.15) is 0 Å². The number of rotatable bonds is 6. The summed E-state index contributed by atoms with van der Waals surface area (Å²) in [5, 5.41) is 3.57. The fourth-order valence-corrected chi connectivity index (χ4v) is 3.62. The summed E-state index contributed by atoms with van der Waals surface area (Å²) >= 11 is 0. The molecule has 1 saturated heterocycles. The van der Waals surface area contributed by atoms with Gasteiger partial charge in [0.1, 0.15) is 0 Å². The van der Waals surface area contributed by atoms with Crippen LogP contribution in [0.3, 0.4) is 0 Å². The lowest BCUT2D eigenvalue weighted by Crippen LogP contribution is -2.39. The van der Waals surface area contributed by atoms with Crippen LogP contribution in [0.25, 0.3) is 0 Å². The molecule has 0 saturated carbocycles. The number of hydrogen-bond acceptors (Lipinski definition) is 2. The van der Waals surface area contributed by atoms with Crippen LogP contribution in [0, 0.1) is 11.8 Å². The van der Waals surface area contributed by atoms with Gasteiger partial charge in [0, 0.05) is 33.2 Å². The van der Waals surface area contributed by atoms with Crippen molar-refractivity contribution in [1.82, 2.24) is 15.1 Å². The highest BCUT2D eigenvalue weighted by molar-refractivity contribution is 14.0. The summed E-state index contributed by atoms with van der Waals surface area (Å²) < 4.78 is 0. The second-order valence-corrected chi connectivity index (χ2v) is 7.64. The van der Waals surface area contributed by atoms with E-state index >= 15 is 0 Å². The molecule has 5 heteroatoms. The first kappa shape index (κ1) is 22.2. The number of guanidine groups is 1. The third-order valence-electron chi connectivity index (χ3n) is 4.64. The maximum Gasteiger partial charge on any atom is 0.193 e. The van der Waals surface area contributed by atoms with Gasteiger partial charge < -0.3 is 15.1 Å². The Bertz CT molecular complexity index is 542. The summed E-state index contributed by atoms with van der Waals surface area (Å²) in [4.78, 5) is 9.14. The molecule has 1 aliphatic heterocycles. The van der Waals surface area contributed by atoms with Crippen LogP contribution in [0.2, 0.25) is 0 Å². The molecule has 0 amide bonds. The second-order valence-electron chi connectivity index (χ2n) is 7.64. The van der Waals surface area contributed by atoms with Crippen molar-refractivity contribution in [1.29, 1.82) is 0 Å². The topological polar surface area (TPSA) is 30.9 Å². The number of hydrogen-bond donors (Lipinski definition) is 1. The Labute approximate surface area is 171 Å². The van der Waals surface area contributed by atoms with E-state index in [2.05, 4.69) is 72.3 Å². The monoisotopic (exact) mass is 458 g/mol. The first-order chi connectivity index (χ1) is 11.5. The van der Waals surface area contributed by atoms with Gasteiger partial charge >= 0.3 is 0 Å². The molecular weight excluding hydrogens is 423 g/mol. The predicted molar refractivity (Wildman–Crippen MR) is 119 cm³/mol. The Hall–Kier alpha value is -0.820. The molecule has 0 aliphatic carbocycles. The highest BCUT2D eigenvalue weighted by Gasteiger charge is 2.25. The summed E-state index contributed by atoms with van der Waals surface area (Å²) in [6.45, 7) is 8.70. The maximum atomic E-state index is 4.51. The predicted octanol–water partition coefficient (Wildman–Crippen LogP) is 3.81. The van der Waals surface area contributed by atoms with E-state index in [1.165, 1.54) is 24.0 Å².